The minimum Gasteiger partial charge on any atom is -0.478 e. The molecule has 0 unspecified atom stereocenters. The Hall–Kier alpha value is -1.93. The summed E-state index contributed by atoms with van der Waals surface area (Å²) in [6, 6.07) is 1.58. The lowest BCUT2D eigenvalue weighted by molar-refractivity contribution is -0.142. The van der Waals surface area contributed by atoms with Crippen molar-refractivity contribution in [1.82, 2.24) is 9.97 Å². The molecule has 23 heavy (non-hydrogen) atoms. The SMILES string of the molecule is CCOC(=O)Cc1sc(Sc2ncc(C)cc2C(=O)O)nc1C. The number of nitrogens with zero attached hydrogens (tertiary/aromatic N) is 2. The Morgan fingerprint density at radius 3 is 2.78 bits per heavy atom. The summed E-state index contributed by atoms with van der Waals surface area (Å²) >= 11 is 2.54. The number of esters is 1. The summed E-state index contributed by atoms with van der Waals surface area (Å²) in [6.07, 6.45) is 1.79. The van der Waals surface area contributed by atoms with Gasteiger partial charge in [0.05, 0.1) is 24.3 Å². The van der Waals surface area contributed by atoms with Gasteiger partial charge in [0.2, 0.25) is 0 Å². The molecule has 6 nitrogen and oxygen atoms in total. The van der Waals surface area contributed by atoms with Crippen LogP contribution in [0.1, 0.15) is 33.4 Å². The molecule has 0 aliphatic carbocycles. The largest absolute Gasteiger partial charge is 0.478 e. The molecule has 0 aliphatic heterocycles. The van der Waals surface area contributed by atoms with Gasteiger partial charge in [-0.25, -0.2) is 14.8 Å². The number of carboxylic acid groups (broad SMARTS) is 1. The van der Waals surface area contributed by atoms with E-state index in [2.05, 4.69) is 9.97 Å². The molecule has 8 heteroatoms. The first-order valence-electron chi connectivity index (χ1n) is 6.90. The Morgan fingerprint density at radius 1 is 1.39 bits per heavy atom. The van der Waals surface area contributed by atoms with Gasteiger partial charge in [-0.1, -0.05) is 0 Å². The number of carbonyl (C=O) groups excluding carboxylic acids is 1. The second kappa shape index (κ2) is 7.56. The molecule has 122 valence electrons. The van der Waals surface area contributed by atoms with Crippen LogP contribution >= 0.6 is 23.1 Å². The third kappa shape index (κ3) is 4.52. The third-order valence-electron chi connectivity index (χ3n) is 2.89. The predicted octanol–water partition coefficient (Wildman–Crippen LogP) is 3.11. The summed E-state index contributed by atoms with van der Waals surface area (Å²) in [5.74, 6) is -1.32. The van der Waals surface area contributed by atoms with Crippen molar-refractivity contribution in [1.29, 1.82) is 0 Å². The van der Waals surface area contributed by atoms with Crippen LogP contribution in [-0.4, -0.2) is 33.6 Å². The smallest absolute Gasteiger partial charge is 0.338 e. The van der Waals surface area contributed by atoms with Crippen LogP contribution in [0.25, 0.3) is 0 Å². The van der Waals surface area contributed by atoms with Gasteiger partial charge in [-0.05, 0) is 44.2 Å². The quantitative estimate of drug-likeness (QED) is 0.799. The second-order valence-corrected chi connectivity index (χ2v) is 7.06. The fourth-order valence-corrected chi connectivity index (χ4v) is 4.02. The van der Waals surface area contributed by atoms with Crippen molar-refractivity contribution in [2.45, 2.75) is 36.6 Å². The van der Waals surface area contributed by atoms with Crippen molar-refractivity contribution in [2.24, 2.45) is 0 Å². The molecular weight excluding hydrogens is 336 g/mol. The monoisotopic (exact) mass is 352 g/mol. The zero-order valence-electron chi connectivity index (χ0n) is 13.0. The van der Waals surface area contributed by atoms with Crippen LogP contribution in [0, 0.1) is 13.8 Å². The normalized spacial score (nSPS) is 10.6. The van der Waals surface area contributed by atoms with Crippen molar-refractivity contribution in [2.75, 3.05) is 6.61 Å². The van der Waals surface area contributed by atoms with Gasteiger partial charge < -0.3 is 9.84 Å². The average Bonchev–Trinajstić information content (AvgIpc) is 2.80. The van der Waals surface area contributed by atoms with E-state index in [1.54, 1.807) is 26.1 Å². The van der Waals surface area contributed by atoms with Crippen molar-refractivity contribution in [3.05, 3.63) is 34.0 Å². The van der Waals surface area contributed by atoms with E-state index >= 15 is 0 Å². The lowest BCUT2D eigenvalue weighted by Gasteiger charge is -2.03. The lowest BCUT2D eigenvalue weighted by Crippen LogP contribution is -2.07. The maximum Gasteiger partial charge on any atom is 0.338 e. The maximum absolute atomic E-state index is 11.6. The summed E-state index contributed by atoms with van der Waals surface area (Å²) in [7, 11) is 0. The number of pyridine rings is 1. The van der Waals surface area contributed by atoms with Crippen LogP contribution in [0.4, 0.5) is 0 Å². The van der Waals surface area contributed by atoms with E-state index in [9.17, 15) is 14.7 Å². The van der Waals surface area contributed by atoms with Crippen LogP contribution < -0.4 is 0 Å². The summed E-state index contributed by atoms with van der Waals surface area (Å²) in [4.78, 5) is 32.3. The van der Waals surface area contributed by atoms with Crippen molar-refractivity contribution >= 4 is 35.0 Å². The fraction of sp³-hybridized carbons (Fsp3) is 0.333. The highest BCUT2D eigenvalue weighted by Crippen LogP contribution is 2.34. The van der Waals surface area contributed by atoms with E-state index in [1.807, 2.05) is 6.92 Å². The molecule has 0 atom stereocenters. The molecule has 0 bridgehead atoms. The van der Waals surface area contributed by atoms with Gasteiger partial charge in [0.15, 0.2) is 4.34 Å². The van der Waals surface area contributed by atoms with Gasteiger partial charge in [-0.2, -0.15) is 0 Å². The average molecular weight is 352 g/mol. The molecule has 2 aromatic heterocycles. The van der Waals surface area contributed by atoms with E-state index in [0.29, 0.717) is 16.0 Å². The highest BCUT2D eigenvalue weighted by atomic mass is 32.2. The fourth-order valence-electron chi connectivity index (χ4n) is 1.83. The second-order valence-electron chi connectivity index (χ2n) is 4.74. The van der Waals surface area contributed by atoms with Gasteiger partial charge in [0.25, 0.3) is 0 Å². The van der Waals surface area contributed by atoms with Gasteiger partial charge in [0, 0.05) is 11.1 Å². The van der Waals surface area contributed by atoms with Crippen LogP contribution in [0.5, 0.6) is 0 Å². The molecule has 0 aromatic carbocycles. The van der Waals surface area contributed by atoms with Gasteiger partial charge >= 0.3 is 11.9 Å². The minimum absolute atomic E-state index is 0.148. The molecule has 2 rings (SSSR count). The molecule has 1 N–H and O–H groups in total. The lowest BCUT2D eigenvalue weighted by atomic mass is 10.2. The number of aryl methyl sites for hydroxylation is 2. The van der Waals surface area contributed by atoms with Crippen molar-refractivity contribution < 1.29 is 19.4 Å². The standard InChI is InChI=1S/C15H16N2O4S2/c1-4-21-12(18)6-11-9(3)17-15(22-11)23-13-10(14(19)20)5-8(2)7-16-13/h5,7H,4,6H2,1-3H3,(H,19,20). The van der Waals surface area contributed by atoms with Crippen LogP contribution in [-0.2, 0) is 16.0 Å². The number of carbonyl (C=O) groups is 2. The topological polar surface area (TPSA) is 89.4 Å². The number of rotatable bonds is 6. The Morgan fingerprint density at radius 2 is 2.13 bits per heavy atom. The number of ether oxygens (including phenoxy) is 1. The molecule has 0 amide bonds. The summed E-state index contributed by atoms with van der Waals surface area (Å²) in [5.41, 5.74) is 1.68. The number of aromatic carboxylic acids is 1. The maximum atomic E-state index is 11.6. The van der Waals surface area contributed by atoms with E-state index in [0.717, 1.165) is 16.1 Å². The first-order chi connectivity index (χ1) is 10.9. The minimum atomic E-state index is -1.02. The Labute approximate surface area is 141 Å². The highest BCUT2D eigenvalue weighted by Gasteiger charge is 2.17. The third-order valence-corrected chi connectivity index (χ3v) is 5.12. The molecule has 2 aromatic rings. The molecule has 0 saturated carbocycles. The first-order valence-corrected chi connectivity index (χ1v) is 8.53. The molecule has 0 saturated heterocycles. The van der Waals surface area contributed by atoms with Gasteiger partial charge in [-0.3, -0.25) is 4.79 Å². The van der Waals surface area contributed by atoms with Crippen molar-refractivity contribution in [3.8, 4) is 0 Å². The number of thiazole rings is 1. The van der Waals surface area contributed by atoms with Crippen molar-refractivity contribution in [3.63, 3.8) is 0 Å². The Balaban J connectivity index is 2.22. The first kappa shape index (κ1) is 17.4. The Bertz CT molecular complexity index is 743. The molecule has 0 spiro atoms. The molecule has 0 fully saturated rings. The number of carboxylic acids is 1. The summed E-state index contributed by atoms with van der Waals surface area (Å²) in [6.45, 7) is 5.71. The van der Waals surface area contributed by atoms with E-state index in [1.165, 1.54) is 23.1 Å². The summed E-state index contributed by atoms with van der Waals surface area (Å²) in [5, 5.41) is 9.66. The predicted molar refractivity (Wildman–Crippen MR) is 87.2 cm³/mol. The van der Waals surface area contributed by atoms with E-state index < -0.39 is 5.97 Å². The number of aromatic nitrogens is 2. The zero-order valence-corrected chi connectivity index (χ0v) is 14.6. The summed E-state index contributed by atoms with van der Waals surface area (Å²) < 4.78 is 5.59. The molecule has 0 aliphatic rings. The van der Waals surface area contributed by atoms with Crippen LogP contribution in [0.3, 0.4) is 0 Å². The number of hydrogen-bond acceptors (Lipinski definition) is 7. The van der Waals surface area contributed by atoms with Crippen LogP contribution in [0.15, 0.2) is 21.6 Å². The highest BCUT2D eigenvalue weighted by molar-refractivity contribution is 8.01. The van der Waals surface area contributed by atoms with Crippen LogP contribution in [0.2, 0.25) is 0 Å². The van der Waals surface area contributed by atoms with Gasteiger partial charge in [-0.15, -0.1) is 11.3 Å². The van der Waals surface area contributed by atoms with E-state index in [-0.39, 0.29) is 18.0 Å². The van der Waals surface area contributed by atoms with Gasteiger partial charge in [0.1, 0.15) is 5.03 Å². The van der Waals surface area contributed by atoms with E-state index in [4.69, 9.17) is 4.74 Å². The number of hydrogen-bond donors (Lipinski definition) is 1. The molecule has 0 radical (unpaired) electrons. The zero-order chi connectivity index (χ0) is 17.0. The molecular formula is C15H16N2O4S2. The Kier molecular flexibility index (Phi) is 5.73. The molecule has 2 heterocycles.